The van der Waals surface area contributed by atoms with Crippen molar-refractivity contribution in [1.82, 2.24) is 10.2 Å². The Labute approximate surface area is 96.4 Å². The van der Waals surface area contributed by atoms with Gasteiger partial charge < -0.3 is 10.1 Å². The second-order valence-electron chi connectivity index (χ2n) is 4.30. The van der Waals surface area contributed by atoms with Crippen LogP contribution in [0, 0.1) is 11.3 Å². The van der Waals surface area contributed by atoms with E-state index in [2.05, 4.69) is 24.1 Å². The highest BCUT2D eigenvalue weighted by molar-refractivity contribution is 5.78. The first-order chi connectivity index (χ1) is 7.59. The van der Waals surface area contributed by atoms with Crippen LogP contribution in [-0.4, -0.2) is 49.2 Å². The van der Waals surface area contributed by atoms with Crippen molar-refractivity contribution in [2.45, 2.75) is 25.9 Å². The summed E-state index contributed by atoms with van der Waals surface area (Å²) >= 11 is 0. The minimum Gasteiger partial charge on any atom is -0.373 e. The number of hydrogen-bond acceptors (Lipinski definition) is 4. The van der Waals surface area contributed by atoms with Gasteiger partial charge in [0, 0.05) is 13.1 Å². The molecule has 5 heteroatoms. The molecule has 0 aromatic heterocycles. The quantitative estimate of drug-likeness (QED) is 0.691. The predicted molar refractivity (Wildman–Crippen MR) is 59.7 cm³/mol. The van der Waals surface area contributed by atoms with E-state index < -0.39 is 0 Å². The summed E-state index contributed by atoms with van der Waals surface area (Å²) in [4.78, 5) is 13.5. The van der Waals surface area contributed by atoms with Crippen LogP contribution in [0.25, 0.3) is 0 Å². The first-order valence-electron chi connectivity index (χ1n) is 5.59. The normalized spacial score (nSPS) is 26.1. The second kappa shape index (κ2) is 5.83. The molecule has 1 heterocycles. The van der Waals surface area contributed by atoms with Gasteiger partial charge in [-0.3, -0.25) is 9.69 Å². The second-order valence-corrected chi connectivity index (χ2v) is 4.30. The molecule has 1 aliphatic rings. The number of amides is 1. The van der Waals surface area contributed by atoms with E-state index in [9.17, 15) is 4.79 Å². The summed E-state index contributed by atoms with van der Waals surface area (Å²) in [5.74, 6) is -0.0955. The first kappa shape index (κ1) is 12.9. The maximum Gasteiger partial charge on any atom is 0.235 e. The van der Waals surface area contributed by atoms with Crippen molar-refractivity contribution in [3.63, 3.8) is 0 Å². The zero-order valence-corrected chi connectivity index (χ0v) is 9.95. The van der Waals surface area contributed by atoms with Crippen molar-refractivity contribution in [3.8, 4) is 6.07 Å². The molecular formula is C11H19N3O2. The SMILES string of the molecule is CC[C@]1(C)CN(CC(=O)NCC#N)CCO1. The third-order valence-corrected chi connectivity index (χ3v) is 2.90. The average molecular weight is 225 g/mol. The molecule has 1 fully saturated rings. The fourth-order valence-corrected chi connectivity index (χ4v) is 1.76. The number of nitrogens with one attached hydrogen (secondary N) is 1. The Morgan fingerprint density at radius 2 is 2.44 bits per heavy atom. The summed E-state index contributed by atoms with van der Waals surface area (Å²) in [5.41, 5.74) is -0.145. The number of hydrogen-bond donors (Lipinski definition) is 1. The Morgan fingerprint density at radius 1 is 1.69 bits per heavy atom. The lowest BCUT2D eigenvalue weighted by Gasteiger charge is -2.39. The number of ether oxygens (including phenoxy) is 1. The predicted octanol–water partition coefficient (Wildman–Crippen LogP) is 0.127. The Kier molecular flexibility index (Phi) is 4.71. The molecule has 0 bridgehead atoms. The highest BCUT2D eigenvalue weighted by Crippen LogP contribution is 2.20. The summed E-state index contributed by atoms with van der Waals surface area (Å²) in [6.45, 7) is 6.77. The van der Waals surface area contributed by atoms with E-state index in [1.165, 1.54) is 0 Å². The van der Waals surface area contributed by atoms with E-state index in [-0.39, 0.29) is 18.1 Å². The number of carbonyl (C=O) groups excluding carboxylic acids is 1. The van der Waals surface area contributed by atoms with Crippen LogP contribution in [0.5, 0.6) is 0 Å². The summed E-state index contributed by atoms with van der Waals surface area (Å²) in [7, 11) is 0. The van der Waals surface area contributed by atoms with Gasteiger partial charge >= 0.3 is 0 Å². The fourth-order valence-electron chi connectivity index (χ4n) is 1.76. The zero-order valence-electron chi connectivity index (χ0n) is 9.95. The molecule has 0 radical (unpaired) electrons. The van der Waals surface area contributed by atoms with E-state index >= 15 is 0 Å². The molecule has 5 nitrogen and oxygen atoms in total. The molecule has 1 N–H and O–H groups in total. The number of rotatable bonds is 4. The van der Waals surface area contributed by atoms with Crippen molar-refractivity contribution in [3.05, 3.63) is 0 Å². The molecule has 0 aromatic rings. The van der Waals surface area contributed by atoms with E-state index in [0.29, 0.717) is 13.2 Å². The van der Waals surface area contributed by atoms with Crippen molar-refractivity contribution >= 4 is 5.91 Å². The zero-order chi connectivity index (χ0) is 12.0. The van der Waals surface area contributed by atoms with Gasteiger partial charge in [0.25, 0.3) is 0 Å². The van der Waals surface area contributed by atoms with Crippen LogP contribution in [0.2, 0.25) is 0 Å². The molecular weight excluding hydrogens is 206 g/mol. The van der Waals surface area contributed by atoms with Crippen LogP contribution in [0.4, 0.5) is 0 Å². The topological polar surface area (TPSA) is 65.4 Å². The average Bonchev–Trinajstić information content (AvgIpc) is 2.26. The Morgan fingerprint density at radius 3 is 3.06 bits per heavy atom. The molecule has 0 saturated carbocycles. The van der Waals surface area contributed by atoms with Crippen LogP contribution in [0.1, 0.15) is 20.3 Å². The summed E-state index contributed by atoms with van der Waals surface area (Å²) in [6, 6.07) is 1.89. The van der Waals surface area contributed by atoms with Crippen molar-refractivity contribution in [1.29, 1.82) is 5.26 Å². The van der Waals surface area contributed by atoms with Gasteiger partial charge in [-0.2, -0.15) is 5.26 Å². The minimum absolute atomic E-state index is 0.0776. The molecule has 1 aliphatic heterocycles. The summed E-state index contributed by atoms with van der Waals surface area (Å²) < 4.78 is 5.68. The fraction of sp³-hybridized carbons (Fsp3) is 0.818. The molecule has 1 atom stereocenters. The van der Waals surface area contributed by atoms with Crippen molar-refractivity contribution in [2.24, 2.45) is 0 Å². The first-order valence-corrected chi connectivity index (χ1v) is 5.59. The maximum absolute atomic E-state index is 11.4. The Hall–Kier alpha value is -1.12. The molecule has 1 amide bonds. The van der Waals surface area contributed by atoms with Crippen molar-refractivity contribution < 1.29 is 9.53 Å². The van der Waals surface area contributed by atoms with Crippen LogP contribution in [0.15, 0.2) is 0 Å². The van der Waals surface area contributed by atoms with Gasteiger partial charge in [0.05, 0.1) is 24.8 Å². The van der Waals surface area contributed by atoms with Gasteiger partial charge in [-0.05, 0) is 13.3 Å². The van der Waals surface area contributed by atoms with Gasteiger partial charge in [-0.15, -0.1) is 0 Å². The Bertz CT molecular complexity index is 287. The van der Waals surface area contributed by atoms with Gasteiger partial charge in [0.1, 0.15) is 6.54 Å². The Balaban J connectivity index is 2.37. The van der Waals surface area contributed by atoms with E-state index in [0.717, 1.165) is 19.5 Å². The highest BCUT2D eigenvalue weighted by atomic mass is 16.5. The minimum atomic E-state index is -0.145. The number of nitriles is 1. The maximum atomic E-state index is 11.4. The molecule has 1 rings (SSSR count). The lowest BCUT2D eigenvalue weighted by molar-refractivity contribution is -0.129. The molecule has 90 valence electrons. The molecule has 16 heavy (non-hydrogen) atoms. The van der Waals surface area contributed by atoms with Crippen molar-refractivity contribution in [2.75, 3.05) is 32.8 Å². The van der Waals surface area contributed by atoms with Gasteiger partial charge in [0.15, 0.2) is 0 Å². The lowest BCUT2D eigenvalue weighted by Crippen LogP contribution is -2.52. The smallest absolute Gasteiger partial charge is 0.235 e. The van der Waals surface area contributed by atoms with Gasteiger partial charge in [-0.1, -0.05) is 6.92 Å². The summed E-state index contributed by atoms with van der Waals surface area (Å²) in [5, 5.41) is 10.9. The van der Waals surface area contributed by atoms with E-state index in [1.807, 2.05) is 6.07 Å². The number of nitrogens with zero attached hydrogens (tertiary/aromatic N) is 2. The largest absolute Gasteiger partial charge is 0.373 e. The van der Waals surface area contributed by atoms with Crippen LogP contribution >= 0.6 is 0 Å². The molecule has 0 spiro atoms. The van der Waals surface area contributed by atoms with Gasteiger partial charge in [-0.25, -0.2) is 0 Å². The number of carbonyl (C=O) groups is 1. The molecule has 0 unspecified atom stereocenters. The third-order valence-electron chi connectivity index (χ3n) is 2.90. The lowest BCUT2D eigenvalue weighted by atomic mass is 10.0. The summed E-state index contributed by atoms with van der Waals surface area (Å²) in [6.07, 6.45) is 0.934. The highest BCUT2D eigenvalue weighted by Gasteiger charge is 2.30. The number of morpholine rings is 1. The molecule has 1 saturated heterocycles. The van der Waals surface area contributed by atoms with E-state index in [4.69, 9.17) is 10.00 Å². The van der Waals surface area contributed by atoms with Crippen LogP contribution < -0.4 is 5.32 Å². The molecule has 0 aromatic carbocycles. The monoisotopic (exact) mass is 225 g/mol. The standard InChI is InChI=1S/C11H19N3O2/c1-3-11(2)9-14(6-7-16-11)8-10(15)13-5-4-12/h3,5-9H2,1-2H3,(H,13,15)/t11-/m1/s1. The third kappa shape index (κ3) is 3.80. The molecule has 0 aliphatic carbocycles. The van der Waals surface area contributed by atoms with Crippen LogP contribution in [0.3, 0.4) is 0 Å². The van der Waals surface area contributed by atoms with E-state index in [1.54, 1.807) is 0 Å². The van der Waals surface area contributed by atoms with Gasteiger partial charge in [0.2, 0.25) is 5.91 Å². The van der Waals surface area contributed by atoms with Crippen LogP contribution in [-0.2, 0) is 9.53 Å².